The molecule has 332 valence electrons. The van der Waals surface area contributed by atoms with Crippen molar-refractivity contribution >= 4 is 23.4 Å². The van der Waals surface area contributed by atoms with E-state index >= 15 is 0 Å². The van der Waals surface area contributed by atoms with Crippen LogP contribution in [0.15, 0.2) is 192 Å². The summed E-state index contributed by atoms with van der Waals surface area (Å²) < 4.78 is 34.9. The van der Waals surface area contributed by atoms with Gasteiger partial charge in [0.1, 0.15) is 12.1 Å². The molecule has 0 aromatic heterocycles. The monoisotopic (exact) mass is 870 g/mol. The van der Waals surface area contributed by atoms with Crippen molar-refractivity contribution in [3.63, 3.8) is 0 Å². The Morgan fingerprint density at radius 1 is 0.569 bits per heavy atom. The Hall–Kier alpha value is -6.82. The molecule has 0 radical (unpaired) electrons. The third-order valence-corrected chi connectivity index (χ3v) is 10.7. The fraction of sp³-hybridized carbons (Fsp3) is 0.236. The Morgan fingerprint density at radius 2 is 1.03 bits per heavy atom. The first-order valence-electron chi connectivity index (χ1n) is 21.6. The van der Waals surface area contributed by atoms with E-state index in [-0.39, 0.29) is 13.2 Å². The predicted octanol–water partition coefficient (Wildman–Crippen LogP) is 9.62. The van der Waals surface area contributed by atoms with E-state index in [2.05, 4.69) is 36.4 Å². The number of benzene rings is 6. The zero-order valence-electron chi connectivity index (χ0n) is 37.1. The molecule has 6 aromatic carbocycles. The summed E-state index contributed by atoms with van der Waals surface area (Å²) in [5, 5.41) is 0. The summed E-state index contributed by atoms with van der Waals surface area (Å²) in [4.78, 5) is 35.5. The second-order valence-electron chi connectivity index (χ2n) is 15.9. The highest BCUT2D eigenvalue weighted by atomic mass is 16.8. The largest absolute Gasteiger partial charge is 0.467 e. The summed E-state index contributed by atoms with van der Waals surface area (Å²) in [6.45, 7) is 4.68. The second kappa shape index (κ2) is 22.7. The smallest absolute Gasteiger partial charge is 0.337 e. The van der Waals surface area contributed by atoms with Crippen LogP contribution in [0.1, 0.15) is 47.2 Å². The highest BCUT2D eigenvalue weighted by molar-refractivity contribution is 6.13. The van der Waals surface area contributed by atoms with Gasteiger partial charge in [0.25, 0.3) is 0 Å². The SMILES string of the molecule is COC(=O)/C=C\[C@@H](COCc1ccccc1)/N=C(\c1ccccc1)c1ccc(-c2ccc(COC[C@@H](N=C(c3ccccc3)c3ccccc3)[C@@H]3OC(C)(C)O[C@@H]3C(=O)OC)cc2)cc1. The topological polar surface area (TPSA) is 114 Å². The van der Waals surface area contributed by atoms with Gasteiger partial charge in [0.15, 0.2) is 11.9 Å². The van der Waals surface area contributed by atoms with E-state index in [4.69, 9.17) is 38.4 Å². The number of rotatable bonds is 19. The Balaban J connectivity index is 1.09. The van der Waals surface area contributed by atoms with Crippen molar-refractivity contribution in [2.45, 2.75) is 57.1 Å². The molecular formula is C55H54N2O8. The van der Waals surface area contributed by atoms with E-state index in [9.17, 15) is 9.59 Å². The first-order chi connectivity index (χ1) is 31.7. The van der Waals surface area contributed by atoms with E-state index in [0.29, 0.717) is 13.2 Å². The van der Waals surface area contributed by atoms with Gasteiger partial charge < -0.3 is 28.4 Å². The summed E-state index contributed by atoms with van der Waals surface area (Å²) in [6, 6.07) is 55.2. The lowest BCUT2D eigenvalue weighted by molar-refractivity contribution is -0.168. The minimum atomic E-state index is -1.04. The summed E-state index contributed by atoms with van der Waals surface area (Å²) >= 11 is 0. The van der Waals surface area contributed by atoms with E-state index in [0.717, 1.165) is 55.9 Å². The van der Waals surface area contributed by atoms with Gasteiger partial charge in [0, 0.05) is 28.3 Å². The van der Waals surface area contributed by atoms with Crippen LogP contribution in [0.5, 0.6) is 0 Å². The number of methoxy groups -OCH3 is 2. The van der Waals surface area contributed by atoms with Crippen molar-refractivity contribution in [1.29, 1.82) is 0 Å². The summed E-state index contributed by atoms with van der Waals surface area (Å²) in [5.41, 5.74) is 9.28. The molecule has 65 heavy (non-hydrogen) atoms. The van der Waals surface area contributed by atoms with E-state index < -0.39 is 42.0 Å². The first-order valence-corrected chi connectivity index (χ1v) is 21.6. The molecule has 0 aliphatic carbocycles. The van der Waals surface area contributed by atoms with Gasteiger partial charge in [-0.3, -0.25) is 9.98 Å². The lowest BCUT2D eigenvalue weighted by Crippen LogP contribution is -2.42. The minimum Gasteiger partial charge on any atom is -0.467 e. The van der Waals surface area contributed by atoms with Crippen molar-refractivity contribution in [3.05, 3.63) is 215 Å². The molecule has 0 spiro atoms. The lowest BCUT2D eigenvalue weighted by Gasteiger charge is -2.24. The van der Waals surface area contributed by atoms with Crippen molar-refractivity contribution < 1.29 is 38.0 Å². The Morgan fingerprint density at radius 3 is 1.55 bits per heavy atom. The molecule has 1 fully saturated rings. The van der Waals surface area contributed by atoms with Gasteiger partial charge in [0.2, 0.25) is 0 Å². The third-order valence-electron chi connectivity index (χ3n) is 10.7. The van der Waals surface area contributed by atoms with Crippen LogP contribution in [0, 0.1) is 0 Å². The minimum absolute atomic E-state index is 0.147. The summed E-state index contributed by atoms with van der Waals surface area (Å²) in [7, 11) is 2.69. The van der Waals surface area contributed by atoms with Crippen LogP contribution >= 0.6 is 0 Å². The van der Waals surface area contributed by atoms with E-state index in [1.165, 1.54) is 20.3 Å². The van der Waals surface area contributed by atoms with Crippen LogP contribution in [0.3, 0.4) is 0 Å². The van der Waals surface area contributed by atoms with Gasteiger partial charge in [-0.05, 0) is 36.1 Å². The van der Waals surface area contributed by atoms with Crippen LogP contribution in [0.4, 0.5) is 0 Å². The maximum absolute atomic E-state index is 13.0. The highest BCUT2D eigenvalue weighted by Gasteiger charge is 2.49. The molecule has 1 aliphatic rings. The maximum Gasteiger partial charge on any atom is 0.337 e. The molecule has 4 atom stereocenters. The Bertz CT molecular complexity index is 2480. The lowest BCUT2D eigenvalue weighted by atomic mass is 9.98. The van der Waals surface area contributed by atoms with Crippen molar-refractivity contribution in [2.24, 2.45) is 9.98 Å². The number of esters is 2. The number of ether oxygens (including phenoxy) is 6. The first kappa shape index (κ1) is 46.2. The molecule has 1 aliphatic heterocycles. The van der Waals surface area contributed by atoms with Crippen LogP contribution in [0.2, 0.25) is 0 Å². The molecule has 0 amide bonds. The zero-order valence-corrected chi connectivity index (χ0v) is 37.1. The highest BCUT2D eigenvalue weighted by Crippen LogP contribution is 2.33. The fourth-order valence-corrected chi connectivity index (χ4v) is 7.50. The molecule has 7 rings (SSSR count). The number of nitrogens with zero attached hydrogens (tertiary/aromatic N) is 2. The van der Waals surface area contributed by atoms with Gasteiger partial charge in [-0.1, -0.05) is 176 Å². The van der Waals surface area contributed by atoms with E-state index in [1.54, 1.807) is 19.9 Å². The predicted molar refractivity (Wildman–Crippen MR) is 253 cm³/mol. The molecule has 0 N–H and O–H groups in total. The number of aliphatic imine (C=N–C) groups is 2. The third kappa shape index (κ3) is 12.9. The van der Waals surface area contributed by atoms with Crippen molar-refractivity contribution in [3.8, 4) is 11.1 Å². The van der Waals surface area contributed by atoms with Crippen molar-refractivity contribution in [1.82, 2.24) is 0 Å². The van der Waals surface area contributed by atoms with Gasteiger partial charge in [-0.25, -0.2) is 9.59 Å². The quantitative estimate of drug-likeness (QED) is 0.0450. The fourth-order valence-electron chi connectivity index (χ4n) is 7.50. The number of hydrogen-bond acceptors (Lipinski definition) is 10. The van der Waals surface area contributed by atoms with Crippen LogP contribution in [-0.2, 0) is 51.2 Å². The molecule has 6 aromatic rings. The van der Waals surface area contributed by atoms with Crippen LogP contribution in [0.25, 0.3) is 11.1 Å². The zero-order chi connectivity index (χ0) is 45.4. The number of carbonyl (C=O) groups is 2. The summed E-state index contributed by atoms with van der Waals surface area (Å²) in [6.07, 6.45) is 1.34. The Labute approximate surface area is 381 Å². The van der Waals surface area contributed by atoms with Gasteiger partial charge in [-0.15, -0.1) is 0 Å². The molecule has 1 saturated heterocycles. The molecule has 0 saturated carbocycles. The average molecular weight is 871 g/mol. The van der Waals surface area contributed by atoms with Crippen LogP contribution in [-0.4, -0.2) is 80.9 Å². The van der Waals surface area contributed by atoms with E-state index in [1.807, 2.05) is 133 Å². The average Bonchev–Trinajstić information content (AvgIpc) is 3.69. The van der Waals surface area contributed by atoms with Gasteiger partial charge in [0.05, 0.1) is 58.1 Å². The second-order valence-corrected chi connectivity index (χ2v) is 15.9. The molecule has 1 heterocycles. The number of hydrogen-bond donors (Lipinski definition) is 0. The van der Waals surface area contributed by atoms with Crippen LogP contribution < -0.4 is 0 Å². The molecule has 10 heteroatoms. The van der Waals surface area contributed by atoms with Crippen molar-refractivity contribution in [2.75, 3.05) is 27.4 Å². The summed E-state index contributed by atoms with van der Waals surface area (Å²) in [5.74, 6) is -2.03. The molecule has 0 bridgehead atoms. The Kier molecular flexibility index (Phi) is 16.1. The van der Waals surface area contributed by atoms with Gasteiger partial charge >= 0.3 is 11.9 Å². The number of carbonyl (C=O) groups excluding carboxylic acids is 2. The van der Waals surface area contributed by atoms with Gasteiger partial charge in [-0.2, -0.15) is 0 Å². The maximum atomic E-state index is 13.0. The molecule has 0 unspecified atom stereocenters. The molecular weight excluding hydrogens is 817 g/mol. The standard InChI is InChI=1S/C55H54N2O8/c1-55(2)64-52(53(65-55)54(59)61-4)48(57-51(44-21-13-7-14-22-44)45-23-15-8-16-24-45)38-63-36-40-25-27-41(28-26-40)42-29-31-46(32-30-42)50(43-19-11-6-12-20-43)56-47(33-34-49(58)60-3)37-62-35-39-17-9-5-10-18-39/h5-34,47-48,52-53H,35-38H2,1-4H3/b34-33-,56-50+/t47-,48+,52-,53-/m0/s1. The molecule has 10 nitrogen and oxygen atoms in total. The normalized spacial score (nSPS) is 16.7.